The van der Waals surface area contributed by atoms with Gasteiger partial charge in [-0.05, 0) is 12.1 Å². The first-order valence-corrected chi connectivity index (χ1v) is 5.52. The summed E-state index contributed by atoms with van der Waals surface area (Å²) in [6, 6.07) is 7.49. The van der Waals surface area contributed by atoms with Crippen molar-refractivity contribution in [3.8, 4) is 6.07 Å². The number of nitriles is 1. The minimum atomic E-state index is -0.219. The van der Waals surface area contributed by atoms with Gasteiger partial charge in [-0.15, -0.1) is 0 Å². The molecule has 4 heteroatoms. The van der Waals surface area contributed by atoms with Gasteiger partial charge in [-0.2, -0.15) is 5.26 Å². The van der Waals surface area contributed by atoms with Gasteiger partial charge in [0.1, 0.15) is 17.9 Å². The van der Waals surface area contributed by atoms with E-state index in [4.69, 9.17) is 5.26 Å². The lowest BCUT2D eigenvalue weighted by molar-refractivity contribution is 0.0995. The van der Waals surface area contributed by atoms with Crippen LogP contribution in [-0.4, -0.2) is 15.2 Å². The number of nitrogens with zero attached hydrogens (tertiary/aromatic N) is 3. The Hall–Kier alpha value is -2.15. The molecule has 0 saturated heterocycles. The average Bonchev–Trinajstić information content (AvgIpc) is 2.69. The molecule has 0 aliphatic heterocycles. The number of carbonyl (C=O) groups is 1. The maximum absolute atomic E-state index is 11.8. The fourth-order valence-corrected chi connectivity index (χ4v) is 1.83. The van der Waals surface area contributed by atoms with Gasteiger partial charge in [0, 0.05) is 12.1 Å². The van der Waals surface area contributed by atoms with Gasteiger partial charge < -0.3 is 4.40 Å². The van der Waals surface area contributed by atoms with E-state index in [2.05, 4.69) is 4.98 Å². The number of rotatable bonds is 3. The van der Waals surface area contributed by atoms with E-state index in [9.17, 15) is 4.79 Å². The van der Waals surface area contributed by atoms with Gasteiger partial charge in [-0.1, -0.05) is 19.9 Å². The molecule has 0 aliphatic rings. The Bertz CT molecular complexity index is 605. The number of fused-ring (bicyclic) bond motifs is 1. The molecule has 17 heavy (non-hydrogen) atoms. The first kappa shape index (κ1) is 11.3. The smallest absolute Gasteiger partial charge is 0.197 e. The number of carbonyl (C=O) groups excluding carboxylic acids is 1. The molecule has 0 fully saturated rings. The lowest BCUT2D eigenvalue weighted by Gasteiger charge is -2.02. The maximum atomic E-state index is 11.8. The van der Waals surface area contributed by atoms with Crippen LogP contribution in [0.5, 0.6) is 0 Å². The standard InChI is InChI=1S/C13H13N3O/c1-9(2)13-15-12(11(17)6-7-14)10-5-3-4-8-16(10)13/h3-5,8-9H,6H2,1-2H3. The Morgan fingerprint density at radius 1 is 1.53 bits per heavy atom. The largest absolute Gasteiger partial charge is 0.303 e. The molecule has 0 amide bonds. The summed E-state index contributed by atoms with van der Waals surface area (Å²) in [5.74, 6) is 0.860. The van der Waals surface area contributed by atoms with Gasteiger partial charge in [-0.25, -0.2) is 4.98 Å². The van der Waals surface area contributed by atoms with E-state index < -0.39 is 0 Å². The van der Waals surface area contributed by atoms with Crippen molar-refractivity contribution in [1.29, 1.82) is 5.26 Å². The molecule has 0 N–H and O–H groups in total. The van der Waals surface area contributed by atoms with Crippen molar-refractivity contribution < 1.29 is 4.79 Å². The quantitative estimate of drug-likeness (QED) is 0.757. The van der Waals surface area contributed by atoms with Crippen molar-refractivity contribution >= 4 is 11.3 Å². The normalized spacial score (nSPS) is 10.7. The highest BCUT2D eigenvalue weighted by molar-refractivity contribution is 6.01. The van der Waals surface area contributed by atoms with Crippen LogP contribution in [0.15, 0.2) is 24.4 Å². The topological polar surface area (TPSA) is 58.2 Å². The van der Waals surface area contributed by atoms with E-state index in [1.165, 1.54) is 0 Å². The van der Waals surface area contributed by atoms with Crippen LogP contribution in [0.2, 0.25) is 0 Å². The second kappa shape index (κ2) is 4.38. The third kappa shape index (κ3) is 1.92. The fraction of sp³-hybridized carbons (Fsp3) is 0.308. The van der Waals surface area contributed by atoms with Crippen molar-refractivity contribution in [3.63, 3.8) is 0 Å². The molecular formula is C13H13N3O. The second-order valence-electron chi connectivity index (χ2n) is 4.19. The van der Waals surface area contributed by atoms with Crippen molar-refractivity contribution in [2.75, 3.05) is 0 Å². The number of hydrogen-bond acceptors (Lipinski definition) is 3. The Balaban J connectivity index is 2.65. The van der Waals surface area contributed by atoms with Crippen LogP contribution in [0.3, 0.4) is 0 Å². The summed E-state index contributed by atoms with van der Waals surface area (Å²) >= 11 is 0. The summed E-state index contributed by atoms with van der Waals surface area (Å²) in [6.45, 7) is 4.06. The van der Waals surface area contributed by atoms with Gasteiger partial charge in [0.25, 0.3) is 0 Å². The van der Waals surface area contributed by atoms with Crippen molar-refractivity contribution in [1.82, 2.24) is 9.38 Å². The predicted molar refractivity (Wildman–Crippen MR) is 63.8 cm³/mol. The Labute approximate surface area is 99.5 Å². The number of Topliss-reactive ketones (excluding diaryl/α,β-unsaturated/α-hetero) is 1. The molecule has 2 rings (SSSR count). The van der Waals surface area contributed by atoms with Crippen molar-refractivity contribution in [3.05, 3.63) is 35.9 Å². The third-order valence-corrected chi connectivity index (χ3v) is 2.60. The summed E-state index contributed by atoms with van der Waals surface area (Å²) in [6.07, 6.45) is 1.76. The van der Waals surface area contributed by atoms with Crippen molar-refractivity contribution in [2.24, 2.45) is 0 Å². The molecule has 2 aromatic rings. The number of ketones is 1. The number of hydrogen-bond donors (Lipinski definition) is 0. The zero-order valence-electron chi connectivity index (χ0n) is 9.84. The summed E-state index contributed by atoms with van der Waals surface area (Å²) < 4.78 is 1.91. The number of aromatic nitrogens is 2. The molecule has 0 aromatic carbocycles. The van der Waals surface area contributed by atoms with Crippen LogP contribution in [0, 0.1) is 11.3 Å². The molecule has 0 bridgehead atoms. The zero-order valence-corrected chi connectivity index (χ0v) is 9.84. The molecule has 0 radical (unpaired) electrons. The minimum Gasteiger partial charge on any atom is -0.303 e. The van der Waals surface area contributed by atoms with Gasteiger partial charge in [0.05, 0.1) is 11.6 Å². The number of pyridine rings is 1. The molecule has 0 unspecified atom stereocenters. The Kier molecular flexibility index (Phi) is 2.92. The lowest BCUT2D eigenvalue weighted by atomic mass is 10.2. The molecule has 0 aliphatic carbocycles. The predicted octanol–water partition coefficient (Wildman–Crippen LogP) is 2.55. The summed E-state index contributed by atoms with van der Waals surface area (Å²) in [7, 11) is 0. The van der Waals surface area contributed by atoms with E-state index in [1.807, 2.05) is 48.7 Å². The highest BCUT2D eigenvalue weighted by Crippen LogP contribution is 2.20. The summed E-state index contributed by atoms with van der Waals surface area (Å²) in [5, 5.41) is 8.58. The molecule has 2 aromatic heterocycles. The van der Waals surface area contributed by atoms with E-state index >= 15 is 0 Å². The molecule has 0 saturated carbocycles. The fourth-order valence-electron chi connectivity index (χ4n) is 1.83. The van der Waals surface area contributed by atoms with E-state index in [0.29, 0.717) is 5.69 Å². The van der Waals surface area contributed by atoms with Crippen LogP contribution in [-0.2, 0) is 0 Å². The van der Waals surface area contributed by atoms with Crippen LogP contribution in [0.4, 0.5) is 0 Å². The number of imidazole rings is 1. The first-order valence-electron chi connectivity index (χ1n) is 5.52. The molecule has 2 heterocycles. The first-order chi connectivity index (χ1) is 8.15. The molecule has 4 nitrogen and oxygen atoms in total. The lowest BCUT2D eigenvalue weighted by Crippen LogP contribution is -1.99. The second-order valence-corrected chi connectivity index (χ2v) is 4.19. The summed E-state index contributed by atoms with van der Waals surface area (Å²) in [4.78, 5) is 16.2. The van der Waals surface area contributed by atoms with Gasteiger partial charge in [-0.3, -0.25) is 4.79 Å². The van der Waals surface area contributed by atoms with Crippen LogP contribution >= 0.6 is 0 Å². The molecule has 0 spiro atoms. The van der Waals surface area contributed by atoms with E-state index in [0.717, 1.165) is 11.3 Å². The van der Waals surface area contributed by atoms with Crippen LogP contribution in [0.1, 0.15) is 42.5 Å². The van der Waals surface area contributed by atoms with E-state index in [1.54, 1.807) is 0 Å². The van der Waals surface area contributed by atoms with Crippen LogP contribution in [0.25, 0.3) is 5.52 Å². The van der Waals surface area contributed by atoms with Gasteiger partial charge in [0.15, 0.2) is 5.78 Å². The minimum absolute atomic E-state index is 0.126. The van der Waals surface area contributed by atoms with Gasteiger partial charge >= 0.3 is 0 Å². The van der Waals surface area contributed by atoms with Crippen LogP contribution < -0.4 is 0 Å². The SMILES string of the molecule is CC(C)c1nc(C(=O)CC#N)c2ccccn12. The third-order valence-electron chi connectivity index (χ3n) is 2.60. The molecule has 0 atom stereocenters. The van der Waals surface area contributed by atoms with Crippen molar-refractivity contribution in [2.45, 2.75) is 26.2 Å². The maximum Gasteiger partial charge on any atom is 0.197 e. The summed E-state index contributed by atoms with van der Waals surface area (Å²) in [5.41, 5.74) is 1.17. The van der Waals surface area contributed by atoms with Gasteiger partial charge in [0.2, 0.25) is 0 Å². The Morgan fingerprint density at radius 2 is 2.29 bits per heavy atom. The molecular weight excluding hydrogens is 214 g/mol. The molecule has 86 valence electrons. The average molecular weight is 227 g/mol. The zero-order chi connectivity index (χ0) is 12.4. The Morgan fingerprint density at radius 3 is 2.94 bits per heavy atom. The highest BCUT2D eigenvalue weighted by Gasteiger charge is 2.18. The highest BCUT2D eigenvalue weighted by atomic mass is 16.1. The monoisotopic (exact) mass is 227 g/mol. The van der Waals surface area contributed by atoms with E-state index in [-0.39, 0.29) is 18.1 Å².